The number of ether oxygens (including phenoxy) is 1. The molecule has 0 amide bonds. The molecule has 0 aliphatic carbocycles. The van der Waals surface area contributed by atoms with Crippen molar-refractivity contribution in [2.75, 3.05) is 0 Å². The normalized spacial score (nSPS) is 11.8. The summed E-state index contributed by atoms with van der Waals surface area (Å²) in [4.78, 5) is 11.2. The van der Waals surface area contributed by atoms with Gasteiger partial charge in [-0.3, -0.25) is 4.79 Å². The summed E-state index contributed by atoms with van der Waals surface area (Å²) in [5.41, 5.74) is 2.50. The van der Waals surface area contributed by atoms with E-state index in [9.17, 15) is 9.90 Å². The molecule has 0 saturated heterocycles. The van der Waals surface area contributed by atoms with Gasteiger partial charge in [-0.1, -0.05) is 47.6 Å². The minimum atomic E-state index is -0.890. The van der Waals surface area contributed by atoms with Crippen LogP contribution in [-0.2, 0) is 11.4 Å². The van der Waals surface area contributed by atoms with Gasteiger partial charge in [-0.2, -0.15) is 0 Å². The van der Waals surface area contributed by atoms with Crippen LogP contribution in [0.2, 0.25) is 0 Å². The molecule has 0 aliphatic rings. The van der Waals surface area contributed by atoms with E-state index >= 15 is 0 Å². The third-order valence-electron chi connectivity index (χ3n) is 3.70. The Morgan fingerprint density at radius 1 is 1.12 bits per heavy atom. The van der Waals surface area contributed by atoms with E-state index in [4.69, 9.17) is 9.26 Å². The van der Waals surface area contributed by atoms with Crippen molar-refractivity contribution < 1.29 is 19.2 Å². The fraction of sp³-hybridized carbons (Fsp3) is 0.158. The van der Waals surface area contributed by atoms with Crippen LogP contribution in [0.3, 0.4) is 0 Å². The van der Waals surface area contributed by atoms with Crippen LogP contribution >= 0.6 is 0 Å². The summed E-state index contributed by atoms with van der Waals surface area (Å²) in [5.74, 6) is -0.574. The summed E-state index contributed by atoms with van der Waals surface area (Å²) >= 11 is 0. The number of nitrogens with zero attached hydrogens (tertiary/aromatic N) is 1. The molecule has 3 rings (SSSR count). The van der Waals surface area contributed by atoms with E-state index in [0.29, 0.717) is 18.1 Å². The fourth-order valence-electron chi connectivity index (χ4n) is 2.53. The van der Waals surface area contributed by atoms with E-state index in [-0.39, 0.29) is 12.3 Å². The van der Waals surface area contributed by atoms with Crippen molar-refractivity contribution in [1.29, 1.82) is 0 Å². The van der Waals surface area contributed by atoms with Crippen molar-refractivity contribution in [1.82, 2.24) is 5.16 Å². The molecule has 1 heterocycles. The number of carboxylic acid groups (broad SMARTS) is 1. The average molecular weight is 323 g/mol. The van der Waals surface area contributed by atoms with Gasteiger partial charge in [-0.05, 0) is 23.3 Å². The molecule has 1 atom stereocenters. The lowest BCUT2D eigenvalue weighted by molar-refractivity contribution is -0.137. The lowest BCUT2D eigenvalue weighted by Gasteiger charge is -2.14. The molecule has 0 saturated carbocycles. The van der Waals surface area contributed by atoms with E-state index in [0.717, 1.165) is 11.1 Å². The van der Waals surface area contributed by atoms with E-state index < -0.39 is 5.97 Å². The van der Waals surface area contributed by atoms with Crippen LogP contribution < -0.4 is 4.74 Å². The van der Waals surface area contributed by atoms with Gasteiger partial charge in [-0.15, -0.1) is 0 Å². The van der Waals surface area contributed by atoms with Crippen LogP contribution in [0.5, 0.6) is 5.75 Å². The Balaban J connectivity index is 1.78. The lowest BCUT2D eigenvalue weighted by atomic mass is 9.92. The van der Waals surface area contributed by atoms with E-state index in [1.54, 1.807) is 6.07 Å². The van der Waals surface area contributed by atoms with Gasteiger partial charge in [0.1, 0.15) is 18.6 Å². The third-order valence-corrected chi connectivity index (χ3v) is 3.70. The Labute approximate surface area is 139 Å². The summed E-state index contributed by atoms with van der Waals surface area (Å²) < 4.78 is 10.7. The minimum absolute atomic E-state index is 0.0608. The molecule has 5 heteroatoms. The highest BCUT2D eigenvalue weighted by Crippen LogP contribution is 2.29. The Hall–Kier alpha value is -3.08. The second kappa shape index (κ2) is 7.46. The van der Waals surface area contributed by atoms with Crippen LogP contribution in [0.25, 0.3) is 0 Å². The number of rotatable bonds is 7. The number of carbonyl (C=O) groups is 1. The quantitative estimate of drug-likeness (QED) is 0.715. The van der Waals surface area contributed by atoms with E-state index in [2.05, 4.69) is 5.16 Å². The second-order valence-corrected chi connectivity index (χ2v) is 5.42. The zero-order valence-electron chi connectivity index (χ0n) is 13.0. The molecular weight excluding hydrogens is 306 g/mol. The highest BCUT2D eigenvalue weighted by atomic mass is 16.5. The van der Waals surface area contributed by atoms with Gasteiger partial charge < -0.3 is 14.4 Å². The molecular formula is C19H17NO4. The first-order valence-electron chi connectivity index (χ1n) is 7.61. The Bertz CT molecular complexity index is 784. The van der Waals surface area contributed by atoms with Gasteiger partial charge in [0.25, 0.3) is 0 Å². The summed E-state index contributed by atoms with van der Waals surface area (Å²) in [6, 6.07) is 19.0. The van der Waals surface area contributed by atoms with Gasteiger partial charge in [0.05, 0.1) is 12.1 Å². The zero-order valence-corrected chi connectivity index (χ0v) is 13.0. The maximum absolute atomic E-state index is 11.2. The zero-order chi connectivity index (χ0) is 16.8. The summed E-state index contributed by atoms with van der Waals surface area (Å²) in [6.45, 7) is 0.456. The molecule has 1 aromatic heterocycles. The first kappa shape index (κ1) is 15.8. The maximum Gasteiger partial charge on any atom is 0.304 e. The summed E-state index contributed by atoms with van der Waals surface area (Å²) in [6.07, 6.45) is 1.38. The first-order valence-corrected chi connectivity index (χ1v) is 7.61. The molecule has 1 N–H and O–H groups in total. The molecule has 0 spiro atoms. The topological polar surface area (TPSA) is 72.6 Å². The molecule has 0 radical (unpaired) electrons. The maximum atomic E-state index is 11.2. The first-order chi connectivity index (χ1) is 11.7. The highest BCUT2D eigenvalue weighted by Gasteiger charge is 2.21. The Kier molecular flexibility index (Phi) is 4.91. The molecule has 0 fully saturated rings. The van der Waals surface area contributed by atoms with Crippen LogP contribution in [0.15, 0.2) is 71.4 Å². The average Bonchev–Trinajstić information content (AvgIpc) is 3.13. The fourth-order valence-corrected chi connectivity index (χ4v) is 2.53. The van der Waals surface area contributed by atoms with Crippen molar-refractivity contribution in [3.63, 3.8) is 0 Å². The van der Waals surface area contributed by atoms with Gasteiger partial charge in [-0.25, -0.2) is 0 Å². The molecule has 2 aromatic carbocycles. The molecule has 5 nitrogen and oxygen atoms in total. The van der Waals surface area contributed by atoms with Crippen LogP contribution in [0.4, 0.5) is 0 Å². The van der Waals surface area contributed by atoms with Crippen molar-refractivity contribution in [3.05, 3.63) is 83.7 Å². The van der Waals surface area contributed by atoms with Crippen molar-refractivity contribution in [2.45, 2.75) is 18.9 Å². The smallest absolute Gasteiger partial charge is 0.304 e. The lowest BCUT2D eigenvalue weighted by Crippen LogP contribution is -2.08. The minimum Gasteiger partial charge on any atom is -0.489 e. The molecule has 122 valence electrons. The van der Waals surface area contributed by atoms with E-state index in [1.165, 1.54) is 6.26 Å². The number of hydrogen-bond donors (Lipinski definition) is 1. The summed E-state index contributed by atoms with van der Waals surface area (Å²) in [7, 11) is 0. The highest BCUT2D eigenvalue weighted by molar-refractivity contribution is 5.69. The molecule has 3 aromatic rings. The standard InChI is InChI=1S/C19H17NO4/c21-19(22)12-17(18-9-10-24-20-18)15-7-4-8-16(11-15)23-13-14-5-2-1-3-6-14/h1-11,17H,12-13H2,(H,21,22)/t17-/m1/s1. The molecule has 24 heavy (non-hydrogen) atoms. The van der Waals surface area contributed by atoms with Gasteiger partial charge in [0.15, 0.2) is 0 Å². The SMILES string of the molecule is O=C(O)C[C@H](c1cccc(OCc2ccccc2)c1)c1ccon1. The van der Waals surface area contributed by atoms with Crippen molar-refractivity contribution in [2.24, 2.45) is 0 Å². The van der Waals surface area contributed by atoms with Crippen LogP contribution in [0.1, 0.15) is 29.2 Å². The molecule has 0 bridgehead atoms. The van der Waals surface area contributed by atoms with Crippen molar-refractivity contribution in [3.8, 4) is 5.75 Å². The molecule has 0 aliphatic heterocycles. The number of hydrogen-bond acceptors (Lipinski definition) is 4. The predicted molar refractivity (Wildman–Crippen MR) is 87.8 cm³/mol. The number of aromatic nitrogens is 1. The van der Waals surface area contributed by atoms with Gasteiger partial charge >= 0.3 is 5.97 Å². The largest absolute Gasteiger partial charge is 0.489 e. The Morgan fingerprint density at radius 2 is 1.96 bits per heavy atom. The third kappa shape index (κ3) is 4.01. The van der Waals surface area contributed by atoms with Crippen molar-refractivity contribution >= 4 is 5.97 Å². The van der Waals surface area contributed by atoms with Crippen LogP contribution in [0, 0.1) is 0 Å². The van der Waals surface area contributed by atoms with Gasteiger partial charge in [0, 0.05) is 12.0 Å². The van der Waals surface area contributed by atoms with Gasteiger partial charge in [0.2, 0.25) is 0 Å². The molecule has 0 unspecified atom stereocenters. The number of benzene rings is 2. The number of aliphatic carboxylic acids is 1. The van der Waals surface area contributed by atoms with Crippen LogP contribution in [-0.4, -0.2) is 16.2 Å². The van der Waals surface area contributed by atoms with E-state index in [1.807, 2.05) is 54.6 Å². The Morgan fingerprint density at radius 3 is 2.67 bits per heavy atom. The summed E-state index contributed by atoms with van der Waals surface area (Å²) in [5, 5.41) is 13.1. The monoisotopic (exact) mass is 323 g/mol. The second-order valence-electron chi connectivity index (χ2n) is 5.42. The predicted octanol–water partition coefficient (Wildman–Crippen LogP) is 3.86. The number of carboxylic acids is 1.